The van der Waals surface area contributed by atoms with Crippen molar-refractivity contribution >= 4 is 49.6 Å². The first-order chi connectivity index (χ1) is 14.7. The van der Waals surface area contributed by atoms with Gasteiger partial charge in [-0.1, -0.05) is 24.3 Å². The van der Waals surface area contributed by atoms with Crippen molar-refractivity contribution in [3.05, 3.63) is 61.9 Å². The molecule has 7 heteroatoms. The molecule has 0 atom stereocenters. The second-order valence-electron chi connectivity index (χ2n) is 9.07. The van der Waals surface area contributed by atoms with Crippen molar-refractivity contribution in [3.8, 4) is 0 Å². The molecule has 0 aliphatic carbocycles. The van der Waals surface area contributed by atoms with Crippen LogP contribution in [0.5, 0.6) is 0 Å². The quantitative estimate of drug-likeness (QED) is 0.254. The van der Waals surface area contributed by atoms with Crippen molar-refractivity contribution in [2.24, 2.45) is 0 Å². The fourth-order valence-corrected chi connectivity index (χ4v) is 4.26. The average molecular weight is 643 g/mol. The predicted molar refractivity (Wildman–Crippen MR) is 138 cm³/mol. The van der Waals surface area contributed by atoms with Crippen LogP contribution in [0, 0.1) is 13.3 Å². The Morgan fingerprint density at radius 3 is 1.71 bits per heavy atom. The number of hydrogen-bond donors (Lipinski definition) is 0. The zero-order valence-corrected chi connectivity index (χ0v) is 23.7. The molecule has 174 valence electrons. The van der Waals surface area contributed by atoms with Crippen LogP contribution < -0.4 is 19.6 Å². The second-order valence-corrected chi connectivity index (χ2v) is 16.2. The molecule has 0 fully saturated rings. The molecule has 4 nitrogen and oxygen atoms in total. The Morgan fingerprint density at radius 2 is 1.19 bits per heavy atom. The number of fused-ring (bicyclic) bond motifs is 2. The van der Waals surface area contributed by atoms with Crippen LogP contribution >= 0.6 is 26.9 Å². The van der Waals surface area contributed by atoms with E-state index in [1.54, 1.807) is 0 Å². The van der Waals surface area contributed by atoms with E-state index in [0.29, 0.717) is 26.0 Å². The predicted octanol–water partition coefficient (Wildman–Crippen LogP) is 7.16. The topological polar surface area (TPSA) is 13.0 Å². The third-order valence-electron chi connectivity index (χ3n) is 5.71. The van der Waals surface area contributed by atoms with Gasteiger partial charge in [-0.3, -0.25) is 0 Å². The molecular weight excluding hydrogens is 611 g/mol. The minimum atomic E-state index is -0.0731. The fourth-order valence-electron chi connectivity index (χ4n) is 4.26. The average Bonchev–Trinajstić information content (AvgIpc) is 3.28. The number of halogens is 2. The summed E-state index contributed by atoms with van der Waals surface area (Å²) in [6.07, 6.45) is 0. The number of hydrogen-bond acceptors (Lipinski definition) is 4. The molecule has 31 heavy (non-hydrogen) atoms. The molecule has 2 aliphatic heterocycles. The number of nitrogens with zero attached hydrogens (tertiary/aromatic N) is 4. The van der Waals surface area contributed by atoms with E-state index < -0.39 is 0 Å². The molecule has 0 spiro atoms. The molecule has 2 aromatic rings. The number of rotatable bonds is 5. The normalized spacial score (nSPS) is 15.5. The van der Waals surface area contributed by atoms with E-state index in [0.717, 1.165) is 6.54 Å². The number of anilines is 4. The Morgan fingerprint density at radius 1 is 0.774 bits per heavy atom. The Hall–Kier alpha value is -0.738. The van der Waals surface area contributed by atoms with Gasteiger partial charge in [-0.05, 0) is 77.9 Å². The second kappa shape index (κ2) is 10.5. The van der Waals surface area contributed by atoms with Crippen molar-refractivity contribution in [2.45, 2.75) is 59.2 Å². The van der Waals surface area contributed by atoms with E-state index in [-0.39, 0.29) is 5.54 Å². The number of benzene rings is 2. The first-order valence-electron chi connectivity index (χ1n) is 10.5. The van der Waals surface area contributed by atoms with Gasteiger partial charge < -0.3 is 19.6 Å². The Bertz CT molecular complexity index is 874. The van der Waals surface area contributed by atoms with Gasteiger partial charge in [0.25, 0.3) is 0 Å². The zero-order valence-electron chi connectivity index (χ0n) is 19.0. The fraction of sp³-hybridized carbons (Fsp3) is 0.417. The summed E-state index contributed by atoms with van der Waals surface area (Å²) < 4.78 is 0. The zero-order chi connectivity index (χ0) is 22.8. The standard InChI is InChI=1S/C24H32N4.2BrH.Pd/c1-18(2)26-16-25(20-11-7-8-12-21(20)26)15-24(5,6)28-17-27(19(3)4)22-13-9-10-14-23(22)28;;;/h7-14,16-19H,15H2,1-6H3;2*1H;/q-2;;;+2/p-2. The van der Waals surface area contributed by atoms with Crippen molar-refractivity contribution in [1.82, 2.24) is 0 Å². The summed E-state index contributed by atoms with van der Waals surface area (Å²) in [4.78, 5) is 9.59. The molecule has 0 bridgehead atoms. The summed E-state index contributed by atoms with van der Waals surface area (Å²) in [5.74, 6) is 0. The van der Waals surface area contributed by atoms with Gasteiger partial charge in [0, 0.05) is 34.8 Å². The third kappa shape index (κ3) is 5.27. The van der Waals surface area contributed by atoms with Crippen LogP contribution in [0.2, 0.25) is 0 Å². The van der Waals surface area contributed by atoms with E-state index in [9.17, 15) is 0 Å². The first-order valence-corrected chi connectivity index (χ1v) is 17.6. The van der Waals surface area contributed by atoms with Crippen LogP contribution in [0.15, 0.2) is 48.5 Å². The Labute approximate surface area is 209 Å². The third-order valence-corrected chi connectivity index (χ3v) is 5.71. The summed E-state index contributed by atoms with van der Waals surface area (Å²) in [5.41, 5.74) is 5.09. The van der Waals surface area contributed by atoms with Gasteiger partial charge in [-0.15, -0.1) is 0 Å². The van der Waals surface area contributed by atoms with Crippen molar-refractivity contribution in [2.75, 3.05) is 26.1 Å². The molecule has 0 amide bonds. The summed E-state index contributed by atoms with van der Waals surface area (Å²) in [6.45, 7) is 19.1. The van der Waals surface area contributed by atoms with E-state index in [1.165, 1.54) is 22.7 Å². The van der Waals surface area contributed by atoms with Crippen LogP contribution in [0.4, 0.5) is 22.7 Å². The van der Waals surface area contributed by atoms with E-state index in [2.05, 4.69) is 150 Å². The maximum absolute atomic E-state index is 3.11. The van der Waals surface area contributed by atoms with Crippen molar-refractivity contribution in [1.29, 1.82) is 0 Å². The van der Waals surface area contributed by atoms with Crippen LogP contribution in [-0.2, 0) is 13.9 Å². The summed E-state index contributed by atoms with van der Waals surface area (Å²) >= 11 is 6.80. The van der Waals surface area contributed by atoms with Gasteiger partial charge in [-0.2, -0.15) is 13.3 Å². The molecule has 0 N–H and O–H groups in total. The van der Waals surface area contributed by atoms with Crippen LogP contribution in [0.1, 0.15) is 41.5 Å². The van der Waals surface area contributed by atoms with Gasteiger partial charge in [0.15, 0.2) is 0 Å². The van der Waals surface area contributed by atoms with Crippen LogP contribution in [-0.4, -0.2) is 24.2 Å². The molecule has 0 radical (unpaired) electrons. The van der Waals surface area contributed by atoms with Gasteiger partial charge in [-0.25, -0.2) is 0 Å². The van der Waals surface area contributed by atoms with Gasteiger partial charge in [0.05, 0.1) is 0 Å². The first kappa shape index (κ1) is 24.9. The minimum absolute atomic E-state index is 0.0731. The molecule has 2 aliphatic rings. The molecule has 0 saturated heterocycles. The molecular formula is C24H32Br2N4Pd-2. The Balaban J connectivity index is 0.000000858. The summed E-state index contributed by atoms with van der Waals surface area (Å²) in [6, 6.07) is 18.3. The van der Waals surface area contributed by atoms with Crippen LogP contribution in [0.3, 0.4) is 0 Å². The monoisotopic (exact) mass is 640 g/mol. The van der Waals surface area contributed by atoms with Gasteiger partial charge in [0.2, 0.25) is 0 Å². The Kier molecular flexibility index (Phi) is 8.40. The van der Waals surface area contributed by atoms with Crippen LogP contribution in [0.25, 0.3) is 0 Å². The maximum atomic E-state index is 3.11. The molecule has 2 aromatic carbocycles. The number of para-hydroxylation sites is 4. The van der Waals surface area contributed by atoms with Crippen molar-refractivity contribution in [3.63, 3.8) is 0 Å². The van der Waals surface area contributed by atoms with E-state index in [1.807, 2.05) is 0 Å². The summed E-state index contributed by atoms with van der Waals surface area (Å²) in [5, 5.41) is 0. The molecule has 2 heterocycles. The molecule has 4 rings (SSSR count). The summed E-state index contributed by atoms with van der Waals surface area (Å²) in [7, 11) is 0. The molecule has 0 aromatic heterocycles. The SMILES string of the molecule is CC(C)N1[CH-]N(CC(C)(C)N2[CH-]N(C(C)C)c3ccccc32)c2ccccc21.[Br][Pd][Br]. The molecule has 0 saturated carbocycles. The van der Waals surface area contributed by atoms with E-state index in [4.69, 9.17) is 0 Å². The molecule has 0 unspecified atom stereocenters. The van der Waals surface area contributed by atoms with Gasteiger partial charge in [0.1, 0.15) is 0 Å². The van der Waals surface area contributed by atoms with Crippen molar-refractivity contribution < 1.29 is 13.9 Å². The van der Waals surface area contributed by atoms with Gasteiger partial charge >= 0.3 is 40.8 Å². The van der Waals surface area contributed by atoms with E-state index >= 15 is 0 Å².